The van der Waals surface area contributed by atoms with Gasteiger partial charge >= 0.3 is 0 Å². The van der Waals surface area contributed by atoms with E-state index in [0.717, 1.165) is 49.8 Å². The van der Waals surface area contributed by atoms with Crippen molar-refractivity contribution in [3.63, 3.8) is 0 Å². The molecule has 3 atom stereocenters. The van der Waals surface area contributed by atoms with E-state index in [1.165, 1.54) is 0 Å². The van der Waals surface area contributed by atoms with E-state index in [0.29, 0.717) is 13.0 Å². The Labute approximate surface area is 337 Å². The van der Waals surface area contributed by atoms with Gasteiger partial charge in [0.15, 0.2) is 5.78 Å². The summed E-state index contributed by atoms with van der Waals surface area (Å²) in [4.78, 5) is 20.3. The van der Waals surface area contributed by atoms with Crippen LogP contribution in [0, 0.1) is 11.8 Å². The topological polar surface area (TPSA) is 44.9 Å². The first kappa shape index (κ1) is 37.6. The SMILES string of the molecule is CCN[C@@H](Cc1c[nH]c2ccccc12)C(=O)[C@H]([C@@H](C)C(c1ccccc1)(c1ccccc1)c1ccccc1)C(c1ccccc1)(c1ccccc1)c1ccccc1. The number of hydrogen-bond acceptors (Lipinski definition) is 2. The molecule has 8 aromatic rings. The molecule has 57 heavy (non-hydrogen) atoms. The monoisotopic (exact) mass is 742 g/mol. The second-order valence-electron chi connectivity index (χ2n) is 15.2. The molecule has 7 aromatic carbocycles. The quantitative estimate of drug-likeness (QED) is 0.103. The molecular formula is C54H50N2O. The second-order valence-corrected chi connectivity index (χ2v) is 15.2. The molecule has 8 rings (SSSR count). The van der Waals surface area contributed by atoms with Crippen molar-refractivity contribution in [1.29, 1.82) is 0 Å². The summed E-state index contributed by atoms with van der Waals surface area (Å²) < 4.78 is 0. The number of rotatable bonds is 15. The molecule has 0 spiro atoms. The van der Waals surface area contributed by atoms with Gasteiger partial charge in [-0.3, -0.25) is 4.79 Å². The van der Waals surface area contributed by atoms with Crippen molar-refractivity contribution in [3.8, 4) is 0 Å². The molecule has 0 aliphatic carbocycles. The molecule has 0 radical (unpaired) electrons. The number of hydrogen-bond donors (Lipinski definition) is 2. The number of Topliss-reactive ketones (excluding diaryl/α,β-unsaturated/α-hetero) is 1. The Hall–Kier alpha value is -6.29. The average Bonchev–Trinajstić information content (AvgIpc) is 3.70. The van der Waals surface area contributed by atoms with Crippen LogP contribution < -0.4 is 5.32 Å². The number of ketones is 1. The number of nitrogens with one attached hydrogen (secondary N) is 2. The molecule has 1 heterocycles. The fourth-order valence-corrected chi connectivity index (χ4v) is 9.88. The van der Waals surface area contributed by atoms with Gasteiger partial charge in [0.05, 0.1) is 11.5 Å². The molecule has 3 nitrogen and oxygen atoms in total. The number of aromatic amines is 1. The van der Waals surface area contributed by atoms with Crippen LogP contribution in [0.2, 0.25) is 0 Å². The maximum atomic E-state index is 16.8. The van der Waals surface area contributed by atoms with Crippen LogP contribution in [-0.4, -0.2) is 23.4 Å². The number of H-pyrrole nitrogens is 1. The summed E-state index contributed by atoms with van der Waals surface area (Å²) in [5.41, 5.74) is 7.23. The zero-order chi connectivity index (χ0) is 39.1. The largest absolute Gasteiger partial charge is 0.361 e. The summed E-state index contributed by atoms with van der Waals surface area (Å²) in [5.74, 6) is -0.722. The van der Waals surface area contributed by atoms with E-state index in [1.54, 1.807) is 0 Å². The summed E-state index contributed by atoms with van der Waals surface area (Å²) >= 11 is 0. The molecule has 0 unspecified atom stereocenters. The standard InChI is InChI=1S/C54H50N2O/c1-3-55-50(38-41-39-56-49-37-23-22-36-48(41)49)52(57)51(54(45-30-16-7-17-31-45,46-32-18-8-19-33-46)47-34-20-9-21-35-47)40(2)53(42-24-10-4-11-25-42,43-26-12-5-13-27-43)44-28-14-6-15-29-44/h4-37,39-40,50-51,55-56H,3,38H2,1-2H3/t40-,50+,51+/m1/s1. The van der Waals surface area contributed by atoms with Crippen LogP contribution in [0.1, 0.15) is 52.8 Å². The first-order valence-corrected chi connectivity index (χ1v) is 20.2. The molecule has 282 valence electrons. The number of carbonyl (C=O) groups excluding carboxylic acids is 1. The summed E-state index contributed by atoms with van der Waals surface area (Å²) in [6.07, 6.45) is 2.63. The van der Waals surface area contributed by atoms with E-state index in [4.69, 9.17) is 0 Å². The van der Waals surface area contributed by atoms with Crippen LogP contribution in [0.5, 0.6) is 0 Å². The minimum atomic E-state index is -0.905. The Morgan fingerprint density at radius 2 is 0.860 bits per heavy atom. The van der Waals surface area contributed by atoms with Crippen molar-refractivity contribution >= 4 is 16.7 Å². The third-order valence-electron chi connectivity index (χ3n) is 12.2. The lowest BCUT2D eigenvalue weighted by Gasteiger charge is -2.52. The van der Waals surface area contributed by atoms with Crippen molar-refractivity contribution in [3.05, 3.63) is 251 Å². The van der Waals surface area contributed by atoms with E-state index in [2.05, 4.69) is 237 Å². The zero-order valence-electron chi connectivity index (χ0n) is 32.8. The number of para-hydroxylation sites is 1. The van der Waals surface area contributed by atoms with Gasteiger partial charge in [0.25, 0.3) is 0 Å². The Kier molecular flexibility index (Phi) is 11.1. The van der Waals surface area contributed by atoms with Crippen LogP contribution >= 0.6 is 0 Å². The number of benzene rings is 7. The highest BCUT2D eigenvalue weighted by atomic mass is 16.1. The van der Waals surface area contributed by atoms with Crippen molar-refractivity contribution in [2.75, 3.05) is 6.54 Å². The van der Waals surface area contributed by atoms with Gasteiger partial charge in [-0.2, -0.15) is 0 Å². The lowest BCUT2D eigenvalue weighted by Crippen LogP contribution is -2.56. The predicted octanol–water partition coefficient (Wildman–Crippen LogP) is 11.6. The van der Waals surface area contributed by atoms with Crippen molar-refractivity contribution in [2.45, 2.75) is 37.1 Å². The minimum Gasteiger partial charge on any atom is -0.361 e. The summed E-state index contributed by atoms with van der Waals surface area (Å²) in [7, 11) is 0. The highest BCUT2D eigenvalue weighted by molar-refractivity contribution is 5.92. The number of fused-ring (bicyclic) bond motifs is 1. The van der Waals surface area contributed by atoms with Gasteiger partial charge in [0.1, 0.15) is 0 Å². The summed E-state index contributed by atoms with van der Waals surface area (Å²) in [5, 5.41) is 4.90. The molecule has 1 aromatic heterocycles. The normalized spacial score (nSPS) is 13.5. The highest BCUT2D eigenvalue weighted by Gasteiger charge is 2.57. The van der Waals surface area contributed by atoms with Crippen LogP contribution in [-0.2, 0) is 22.0 Å². The molecule has 2 N–H and O–H groups in total. The van der Waals surface area contributed by atoms with E-state index in [9.17, 15) is 0 Å². The Bertz CT molecular complexity index is 2290. The van der Waals surface area contributed by atoms with Crippen molar-refractivity contribution < 1.29 is 4.79 Å². The van der Waals surface area contributed by atoms with Crippen molar-refractivity contribution in [1.82, 2.24) is 10.3 Å². The molecule has 0 fully saturated rings. The van der Waals surface area contributed by atoms with E-state index < -0.39 is 22.8 Å². The van der Waals surface area contributed by atoms with Gasteiger partial charge < -0.3 is 10.3 Å². The van der Waals surface area contributed by atoms with Gasteiger partial charge in [-0.25, -0.2) is 0 Å². The Morgan fingerprint density at radius 1 is 0.509 bits per heavy atom. The summed E-state index contributed by atoms with van der Waals surface area (Å²) in [6, 6.07) is 72.8. The number of carbonyl (C=O) groups is 1. The molecule has 0 amide bonds. The number of aromatic nitrogens is 1. The molecule has 0 aliphatic heterocycles. The first-order valence-electron chi connectivity index (χ1n) is 20.2. The third-order valence-corrected chi connectivity index (χ3v) is 12.2. The van der Waals surface area contributed by atoms with Gasteiger partial charge in [0.2, 0.25) is 0 Å². The molecule has 0 aliphatic rings. The Balaban J connectivity index is 1.50. The van der Waals surface area contributed by atoms with E-state index in [1.807, 2.05) is 0 Å². The lowest BCUT2D eigenvalue weighted by molar-refractivity contribution is -0.128. The smallest absolute Gasteiger partial charge is 0.155 e. The van der Waals surface area contributed by atoms with Gasteiger partial charge in [-0.15, -0.1) is 0 Å². The van der Waals surface area contributed by atoms with Gasteiger partial charge in [0, 0.05) is 28.4 Å². The van der Waals surface area contributed by atoms with Crippen LogP contribution in [0.3, 0.4) is 0 Å². The maximum Gasteiger partial charge on any atom is 0.155 e. The highest BCUT2D eigenvalue weighted by Crippen LogP contribution is 2.56. The zero-order valence-corrected chi connectivity index (χ0v) is 32.8. The molecule has 3 heteroatoms. The van der Waals surface area contributed by atoms with Crippen LogP contribution in [0.15, 0.2) is 212 Å². The van der Waals surface area contributed by atoms with Gasteiger partial charge in [-0.05, 0) is 63.9 Å². The maximum absolute atomic E-state index is 16.8. The lowest BCUT2D eigenvalue weighted by atomic mass is 9.49. The Morgan fingerprint density at radius 3 is 1.25 bits per heavy atom. The minimum absolute atomic E-state index is 0.179. The third kappa shape index (κ3) is 6.83. The average molecular weight is 743 g/mol. The molecular weight excluding hydrogens is 693 g/mol. The van der Waals surface area contributed by atoms with Crippen LogP contribution in [0.25, 0.3) is 10.9 Å². The fraction of sp³-hybridized carbons (Fsp3) is 0.167. The summed E-state index contributed by atoms with van der Waals surface area (Å²) in [6.45, 7) is 5.10. The van der Waals surface area contributed by atoms with E-state index in [-0.39, 0.29) is 11.7 Å². The molecule has 0 saturated heterocycles. The van der Waals surface area contributed by atoms with Gasteiger partial charge in [-0.1, -0.05) is 214 Å². The molecule has 0 saturated carbocycles. The van der Waals surface area contributed by atoms with Crippen molar-refractivity contribution in [2.24, 2.45) is 11.8 Å². The molecule has 0 bridgehead atoms. The predicted molar refractivity (Wildman–Crippen MR) is 236 cm³/mol. The number of likely N-dealkylation sites (N-methyl/N-ethyl adjacent to an activating group) is 1. The first-order chi connectivity index (χ1) is 28.1. The second kappa shape index (κ2) is 16.8. The van der Waals surface area contributed by atoms with E-state index >= 15 is 4.79 Å². The fourth-order valence-electron chi connectivity index (χ4n) is 9.88. The van der Waals surface area contributed by atoms with Crippen LogP contribution in [0.4, 0.5) is 0 Å².